The summed E-state index contributed by atoms with van der Waals surface area (Å²) in [6.45, 7) is 1.28. The van der Waals surface area contributed by atoms with Gasteiger partial charge >= 0.3 is 6.36 Å². The Morgan fingerprint density at radius 3 is 2.64 bits per heavy atom. The first-order valence-electron chi connectivity index (χ1n) is 9.67. The van der Waals surface area contributed by atoms with E-state index >= 15 is 0 Å². The molecule has 2 aromatic rings. The van der Waals surface area contributed by atoms with Crippen LogP contribution in [0.1, 0.15) is 43.2 Å². The number of aromatic nitrogens is 2. The highest BCUT2D eigenvalue weighted by Gasteiger charge is 2.31. The number of rotatable bonds is 4. The summed E-state index contributed by atoms with van der Waals surface area (Å²) >= 11 is 0. The van der Waals surface area contributed by atoms with E-state index in [9.17, 15) is 13.2 Å². The summed E-state index contributed by atoms with van der Waals surface area (Å²) < 4.78 is 41.3. The average Bonchev–Trinajstić information content (AvgIpc) is 2.67. The Labute approximate surface area is 161 Å². The minimum absolute atomic E-state index is 0.166. The van der Waals surface area contributed by atoms with Gasteiger partial charge in [0.05, 0.1) is 0 Å². The largest absolute Gasteiger partial charge is 0.573 e. The minimum atomic E-state index is -4.67. The third-order valence-electron chi connectivity index (χ3n) is 5.36. The molecule has 5 nitrogen and oxygen atoms in total. The predicted molar refractivity (Wildman–Crippen MR) is 100 cm³/mol. The smallest absolute Gasteiger partial charge is 0.406 e. The van der Waals surface area contributed by atoms with Gasteiger partial charge < -0.3 is 15.0 Å². The first-order chi connectivity index (χ1) is 13.5. The zero-order chi connectivity index (χ0) is 19.6. The summed E-state index contributed by atoms with van der Waals surface area (Å²) in [4.78, 5) is 10.9. The second-order valence-corrected chi connectivity index (χ2v) is 7.39. The summed E-state index contributed by atoms with van der Waals surface area (Å²) in [5.74, 6) is 1.49. The van der Waals surface area contributed by atoms with E-state index < -0.39 is 6.36 Å². The summed E-state index contributed by atoms with van der Waals surface area (Å²) in [5, 5.41) is 3.51. The van der Waals surface area contributed by atoms with Gasteiger partial charge in [-0.3, -0.25) is 0 Å². The van der Waals surface area contributed by atoms with Crippen LogP contribution in [0.5, 0.6) is 5.75 Å². The standard InChI is InChI=1S/C20H23F3N4O/c21-20(22,23)28-17-7-6-15-12-27(9-8-14(15)10-17)19-11-18(24-13-25-19)26-16-4-2-1-3-5-16/h6-7,10-11,13,16H,1-5,8-9,12H2,(H,24,25,26). The Balaban J connectivity index is 1.44. The van der Waals surface area contributed by atoms with Gasteiger partial charge in [0.2, 0.25) is 0 Å². The lowest BCUT2D eigenvalue weighted by atomic mass is 9.95. The first kappa shape index (κ1) is 18.8. The van der Waals surface area contributed by atoms with Crippen molar-refractivity contribution in [2.45, 2.75) is 57.5 Å². The number of nitrogens with one attached hydrogen (secondary N) is 1. The SMILES string of the molecule is FC(F)(F)Oc1ccc2c(c1)CCN(c1cc(NC3CCCCC3)ncn1)C2. The van der Waals surface area contributed by atoms with E-state index in [-0.39, 0.29) is 5.75 Å². The predicted octanol–water partition coefficient (Wildman–Crippen LogP) is 4.68. The Hall–Kier alpha value is -2.51. The maximum atomic E-state index is 12.4. The topological polar surface area (TPSA) is 50.3 Å². The molecular weight excluding hydrogens is 369 g/mol. The fourth-order valence-corrected chi connectivity index (χ4v) is 3.98. The highest BCUT2D eigenvalue weighted by Crippen LogP contribution is 2.30. The van der Waals surface area contributed by atoms with Gasteiger partial charge in [0.15, 0.2) is 0 Å². The van der Waals surface area contributed by atoms with Crippen LogP contribution in [-0.2, 0) is 13.0 Å². The second kappa shape index (κ2) is 7.85. The Morgan fingerprint density at radius 1 is 1.04 bits per heavy atom. The molecule has 0 unspecified atom stereocenters. The number of alkyl halides is 3. The lowest BCUT2D eigenvalue weighted by molar-refractivity contribution is -0.274. The maximum Gasteiger partial charge on any atom is 0.573 e. The molecule has 0 atom stereocenters. The molecule has 8 heteroatoms. The molecule has 0 saturated heterocycles. The van der Waals surface area contributed by atoms with E-state index in [1.807, 2.05) is 6.07 Å². The van der Waals surface area contributed by atoms with Crippen LogP contribution in [0.15, 0.2) is 30.6 Å². The van der Waals surface area contributed by atoms with Crippen LogP contribution in [-0.4, -0.2) is 28.9 Å². The van der Waals surface area contributed by atoms with Crippen molar-refractivity contribution >= 4 is 11.6 Å². The minimum Gasteiger partial charge on any atom is -0.406 e. The van der Waals surface area contributed by atoms with E-state index in [0.29, 0.717) is 25.6 Å². The summed E-state index contributed by atoms with van der Waals surface area (Å²) in [6.07, 6.45) is 3.67. The van der Waals surface area contributed by atoms with Crippen molar-refractivity contribution in [2.24, 2.45) is 0 Å². The maximum absolute atomic E-state index is 12.4. The summed E-state index contributed by atoms with van der Waals surface area (Å²) in [6, 6.07) is 6.97. The van der Waals surface area contributed by atoms with Crippen molar-refractivity contribution in [1.29, 1.82) is 0 Å². The molecular formula is C20H23F3N4O. The van der Waals surface area contributed by atoms with Gasteiger partial charge in [-0.25, -0.2) is 9.97 Å². The number of ether oxygens (including phenoxy) is 1. The number of hydrogen-bond acceptors (Lipinski definition) is 5. The lowest BCUT2D eigenvalue weighted by Gasteiger charge is -2.30. The molecule has 0 radical (unpaired) electrons. The monoisotopic (exact) mass is 392 g/mol. The van der Waals surface area contributed by atoms with Crippen LogP contribution in [0.25, 0.3) is 0 Å². The molecule has 1 aromatic carbocycles. The molecule has 150 valence electrons. The molecule has 1 saturated carbocycles. The van der Waals surface area contributed by atoms with Crippen molar-refractivity contribution in [3.05, 3.63) is 41.7 Å². The van der Waals surface area contributed by atoms with Crippen LogP contribution in [0.4, 0.5) is 24.8 Å². The molecule has 1 fully saturated rings. The summed E-state index contributed by atoms with van der Waals surface area (Å²) in [7, 11) is 0. The van der Waals surface area contributed by atoms with Gasteiger partial charge in [0.25, 0.3) is 0 Å². The molecule has 0 amide bonds. The second-order valence-electron chi connectivity index (χ2n) is 7.39. The van der Waals surface area contributed by atoms with Crippen molar-refractivity contribution in [1.82, 2.24) is 9.97 Å². The van der Waals surface area contributed by atoms with Gasteiger partial charge in [0.1, 0.15) is 23.7 Å². The number of nitrogens with zero attached hydrogens (tertiary/aromatic N) is 3. The zero-order valence-corrected chi connectivity index (χ0v) is 15.5. The van der Waals surface area contributed by atoms with Gasteiger partial charge in [-0.2, -0.15) is 0 Å². The van der Waals surface area contributed by atoms with E-state index in [2.05, 4.69) is 24.9 Å². The fourth-order valence-electron chi connectivity index (χ4n) is 3.98. The van der Waals surface area contributed by atoms with Gasteiger partial charge in [-0.05, 0) is 42.5 Å². The number of halogens is 3. The van der Waals surface area contributed by atoms with E-state index in [1.165, 1.54) is 44.2 Å². The zero-order valence-electron chi connectivity index (χ0n) is 15.5. The van der Waals surface area contributed by atoms with Crippen molar-refractivity contribution in [3.63, 3.8) is 0 Å². The van der Waals surface area contributed by atoms with Crippen LogP contribution in [0.3, 0.4) is 0 Å². The van der Waals surface area contributed by atoms with Crippen molar-refractivity contribution in [2.75, 3.05) is 16.8 Å². The first-order valence-corrected chi connectivity index (χ1v) is 9.67. The third-order valence-corrected chi connectivity index (χ3v) is 5.36. The number of benzene rings is 1. The Kier molecular flexibility index (Phi) is 5.28. The van der Waals surface area contributed by atoms with Crippen LogP contribution in [0, 0.1) is 0 Å². The normalized spacial score (nSPS) is 17.9. The highest BCUT2D eigenvalue weighted by molar-refractivity contribution is 5.51. The molecule has 1 N–H and O–H groups in total. The van der Waals surface area contributed by atoms with Crippen LogP contribution >= 0.6 is 0 Å². The number of hydrogen-bond donors (Lipinski definition) is 1. The molecule has 0 spiro atoms. The van der Waals surface area contributed by atoms with Crippen LogP contribution < -0.4 is 15.0 Å². The van der Waals surface area contributed by atoms with E-state index in [0.717, 1.165) is 22.8 Å². The van der Waals surface area contributed by atoms with Gasteiger partial charge in [0, 0.05) is 25.2 Å². The average molecular weight is 392 g/mol. The molecule has 2 aliphatic rings. The Bertz CT molecular complexity index is 821. The molecule has 1 aromatic heterocycles. The molecule has 1 aliphatic carbocycles. The fraction of sp³-hybridized carbons (Fsp3) is 0.500. The van der Waals surface area contributed by atoms with Crippen molar-refractivity contribution in [3.8, 4) is 5.75 Å². The highest BCUT2D eigenvalue weighted by atomic mass is 19.4. The molecule has 4 rings (SSSR count). The number of anilines is 2. The van der Waals surface area contributed by atoms with Gasteiger partial charge in [-0.15, -0.1) is 13.2 Å². The van der Waals surface area contributed by atoms with E-state index in [4.69, 9.17) is 0 Å². The molecule has 0 bridgehead atoms. The Morgan fingerprint density at radius 2 is 1.86 bits per heavy atom. The molecule has 2 heterocycles. The number of fused-ring (bicyclic) bond motifs is 1. The van der Waals surface area contributed by atoms with Gasteiger partial charge in [-0.1, -0.05) is 25.3 Å². The summed E-state index contributed by atoms with van der Waals surface area (Å²) in [5.41, 5.74) is 1.87. The third kappa shape index (κ3) is 4.66. The quantitative estimate of drug-likeness (QED) is 0.819. The van der Waals surface area contributed by atoms with E-state index in [1.54, 1.807) is 12.4 Å². The van der Waals surface area contributed by atoms with Crippen LogP contribution in [0.2, 0.25) is 0 Å². The van der Waals surface area contributed by atoms with Crippen molar-refractivity contribution < 1.29 is 17.9 Å². The molecule has 1 aliphatic heterocycles. The lowest BCUT2D eigenvalue weighted by Crippen LogP contribution is -2.31. The molecule has 28 heavy (non-hydrogen) atoms.